The third-order valence-electron chi connectivity index (χ3n) is 6.97. The minimum atomic E-state index is -0.138. The number of amides is 1. The van der Waals surface area contributed by atoms with Crippen molar-refractivity contribution in [3.05, 3.63) is 94.7 Å². The standard InChI is InChI=1S/C29H27N5O2/c30-16-20-4-8-22(9-5-20)28(24-12-13-27(32-18-24)36-26-2-1-3-26)34-15-14-25(19-34)33-29(35)23-10-6-21(17-31)7-11-23/h4-13,18,25-26,28H,1-3,14-15,19H2,(H,33,35). The van der Waals surface area contributed by atoms with Crippen LogP contribution in [0.4, 0.5) is 0 Å². The van der Waals surface area contributed by atoms with Gasteiger partial charge in [-0.2, -0.15) is 10.5 Å². The number of ether oxygens (including phenoxy) is 1. The summed E-state index contributed by atoms with van der Waals surface area (Å²) < 4.78 is 5.94. The van der Waals surface area contributed by atoms with Crippen LogP contribution in [0, 0.1) is 22.7 Å². The van der Waals surface area contributed by atoms with Crippen LogP contribution in [-0.2, 0) is 0 Å². The lowest BCUT2D eigenvalue weighted by Gasteiger charge is -2.29. The van der Waals surface area contributed by atoms with E-state index >= 15 is 0 Å². The zero-order chi connectivity index (χ0) is 24.9. The molecule has 2 atom stereocenters. The molecule has 180 valence electrons. The number of carbonyl (C=O) groups is 1. The first-order chi connectivity index (χ1) is 17.6. The Bertz CT molecular complexity index is 1290. The number of rotatable bonds is 7. The second-order valence-corrected chi connectivity index (χ2v) is 9.38. The Labute approximate surface area is 211 Å². The van der Waals surface area contributed by atoms with Gasteiger partial charge >= 0.3 is 0 Å². The molecular weight excluding hydrogens is 450 g/mol. The molecule has 0 spiro atoms. The smallest absolute Gasteiger partial charge is 0.251 e. The highest BCUT2D eigenvalue weighted by atomic mass is 16.5. The summed E-state index contributed by atoms with van der Waals surface area (Å²) in [7, 11) is 0. The predicted molar refractivity (Wildman–Crippen MR) is 134 cm³/mol. The van der Waals surface area contributed by atoms with Crippen LogP contribution in [0.1, 0.15) is 64.3 Å². The lowest BCUT2D eigenvalue weighted by Crippen LogP contribution is -2.38. The summed E-state index contributed by atoms with van der Waals surface area (Å²) in [5.41, 5.74) is 3.81. The van der Waals surface area contributed by atoms with Crippen LogP contribution in [0.25, 0.3) is 0 Å². The van der Waals surface area contributed by atoms with Gasteiger partial charge in [-0.05, 0) is 73.2 Å². The number of nitriles is 2. The normalized spacial score (nSPS) is 18.4. The van der Waals surface area contributed by atoms with Crippen molar-refractivity contribution in [1.82, 2.24) is 15.2 Å². The largest absolute Gasteiger partial charge is 0.474 e. The van der Waals surface area contributed by atoms with Gasteiger partial charge in [0.2, 0.25) is 5.88 Å². The second kappa shape index (κ2) is 10.6. The van der Waals surface area contributed by atoms with Crippen LogP contribution < -0.4 is 10.1 Å². The average Bonchev–Trinajstić information content (AvgIpc) is 3.35. The fourth-order valence-electron chi connectivity index (χ4n) is 4.74. The molecular formula is C29H27N5O2. The number of likely N-dealkylation sites (tertiary alicyclic amines) is 1. The van der Waals surface area contributed by atoms with E-state index in [1.165, 1.54) is 6.42 Å². The van der Waals surface area contributed by atoms with Gasteiger partial charge in [-0.3, -0.25) is 9.69 Å². The first kappa shape index (κ1) is 23.5. The van der Waals surface area contributed by atoms with Crippen molar-refractivity contribution >= 4 is 5.91 Å². The zero-order valence-electron chi connectivity index (χ0n) is 19.9. The van der Waals surface area contributed by atoms with Crippen molar-refractivity contribution in [3.63, 3.8) is 0 Å². The molecule has 36 heavy (non-hydrogen) atoms. The monoisotopic (exact) mass is 477 g/mol. The van der Waals surface area contributed by atoms with Crippen molar-refractivity contribution in [2.75, 3.05) is 13.1 Å². The topological polar surface area (TPSA) is 102 Å². The van der Waals surface area contributed by atoms with Crippen LogP contribution in [0.3, 0.4) is 0 Å². The van der Waals surface area contributed by atoms with Crippen LogP contribution >= 0.6 is 0 Å². The fraction of sp³-hybridized carbons (Fsp3) is 0.310. The lowest BCUT2D eigenvalue weighted by molar-refractivity contribution is 0.0936. The molecule has 3 aromatic rings. The van der Waals surface area contributed by atoms with Crippen molar-refractivity contribution in [3.8, 4) is 18.0 Å². The molecule has 1 N–H and O–H groups in total. The maximum Gasteiger partial charge on any atom is 0.251 e. The summed E-state index contributed by atoms with van der Waals surface area (Å²) in [5.74, 6) is 0.511. The first-order valence-corrected chi connectivity index (χ1v) is 12.3. The van der Waals surface area contributed by atoms with Crippen LogP contribution in [0.5, 0.6) is 5.88 Å². The minimum absolute atomic E-state index is 0.00297. The maximum absolute atomic E-state index is 12.8. The van der Waals surface area contributed by atoms with E-state index in [2.05, 4.69) is 33.4 Å². The highest BCUT2D eigenvalue weighted by Crippen LogP contribution is 2.33. The molecule has 1 aliphatic heterocycles. The summed E-state index contributed by atoms with van der Waals surface area (Å²) in [6.07, 6.45) is 6.35. The highest BCUT2D eigenvalue weighted by Gasteiger charge is 2.31. The molecule has 7 heteroatoms. The third-order valence-corrected chi connectivity index (χ3v) is 6.97. The average molecular weight is 478 g/mol. The third kappa shape index (κ3) is 5.22. The highest BCUT2D eigenvalue weighted by molar-refractivity contribution is 5.94. The Morgan fingerprint density at radius 1 is 0.944 bits per heavy atom. The quantitative estimate of drug-likeness (QED) is 0.543. The van der Waals surface area contributed by atoms with Gasteiger partial charge in [0.15, 0.2) is 0 Å². The van der Waals surface area contributed by atoms with Crippen molar-refractivity contribution < 1.29 is 9.53 Å². The summed E-state index contributed by atoms with van der Waals surface area (Å²) in [5, 5.41) is 21.3. The molecule has 2 unspecified atom stereocenters. The van der Waals surface area contributed by atoms with E-state index in [0.717, 1.165) is 36.9 Å². The van der Waals surface area contributed by atoms with E-state index in [9.17, 15) is 10.1 Å². The number of aromatic nitrogens is 1. The lowest BCUT2D eigenvalue weighted by atomic mass is 9.96. The molecule has 1 saturated heterocycles. The molecule has 5 rings (SSSR count). The van der Waals surface area contributed by atoms with Crippen LogP contribution in [-0.4, -0.2) is 41.0 Å². The molecule has 2 heterocycles. The number of nitrogens with one attached hydrogen (secondary N) is 1. The van der Waals surface area contributed by atoms with E-state index in [1.54, 1.807) is 24.3 Å². The Balaban J connectivity index is 1.32. The second-order valence-electron chi connectivity index (χ2n) is 9.38. The number of pyridine rings is 1. The summed E-state index contributed by atoms with van der Waals surface area (Å²) >= 11 is 0. The first-order valence-electron chi connectivity index (χ1n) is 12.3. The summed E-state index contributed by atoms with van der Waals surface area (Å²) in [4.78, 5) is 19.7. The van der Waals surface area contributed by atoms with Crippen molar-refractivity contribution in [1.29, 1.82) is 10.5 Å². The van der Waals surface area contributed by atoms with E-state index in [-0.39, 0.29) is 24.1 Å². The molecule has 2 fully saturated rings. The van der Waals surface area contributed by atoms with Gasteiger partial charge < -0.3 is 10.1 Å². The molecule has 1 saturated carbocycles. The van der Waals surface area contributed by atoms with Gasteiger partial charge in [0.05, 0.1) is 29.3 Å². The maximum atomic E-state index is 12.8. The molecule has 0 radical (unpaired) electrons. The SMILES string of the molecule is N#Cc1ccc(C(=O)NC2CCN(C(c3ccc(C#N)cc3)c3ccc(OC4CCC4)nc3)C2)cc1. The molecule has 1 aliphatic carbocycles. The Morgan fingerprint density at radius 2 is 1.61 bits per heavy atom. The van der Waals surface area contributed by atoms with Crippen LogP contribution in [0.15, 0.2) is 66.9 Å². The molecule has 7 nitrogen and oxygen atoms in total. The van der Waals surface area contributed by atoms with E-state index in [0.29, 0.717) is 29.1 Å². The summed E-state index contributed by atoms with van der Waals surface area (Å²) in [6.45, 7) is 1.50. The van der Waals surface area contributed by atoms with Gasteiger partial charge in [-0.1, -0.05) is 18.2 Å². The van der Waals surface area contributed by atoms with Gasteiger partial charge in [-0.25, -0.2) is 4.98 Å². The van der Waals surface area contributed by atoms with Gasteiger partial charge in [-0.15, -0.1) is 0 Å². The fourth-order valence-corrected chi connectivity index (χ4v) is 4.74. The van der Waals surface area contributed by atoms with Gasteiger partial charge in [0.1, 0.15) is 6.10 Å². The van der Waals surface area contributed by atoms with E-state index in [1.807, 2.05) is 36.5 Å². The Kier molecular flexibility index (Phi) is 6.93. The molecule has 1 aromatic heterocycles. The predicted octanol–water partition coefficient (Wildman–Crippen LogP) is 4.35. The molecule has 0 bridgehead atoms. The van der Waals surface area contributed by atoms with E-state index in [4.69, 9.17) is 10.00 Å². The number of carbonyl (C=O) groups excluding carboxylic acids is 1. The number of hydrogen-bond donors (Lipinski definition) is 1. The van der Waals surface area contributed by atoms with Crippen molar-refractivity contribution in [2.45, 2.75) is 43.9 Å². The van der Waals surface area contributed by atoms with E-state index < -0.39 is 0 Å². The molecule has 2 aromatic carbocycles. The Hall–Kier alpha value is -4.20. The number of hydrogen-bond acceptors (Lipinski definition) is 6. The number of nitrogens with zero attached hydrogens (tertiary/aromatic N) is 4. The zero-order valence-corrected chi connectivity index (χ0v) is 19.9. The Morgan fingerprint density at radius 3 is 2.19 bits per heavy atom. The molecule has 2 aliphatic rings. The van der Waals surface area contributed by atoms with Gasteiger partial charge in [0.25, 0.3) is 5.91 Å². The summed E-state index contributed by atoms with van der Waals surface area (Å²) in [6, 6.07) is 22.5. The van der Waals surface area contributed by atoms with Crippen LogP contribution in [0.2, 0.25) is 0 Å². The van der Waals surface area contributed by atoms with Gasteiger partial charge in [0, 0.05) is 37.0 Å². The minimum Gasteiger partial charge on any atom is -0.474 e. The van der Waals surface area contributed by atoms with Crippen molar-refractivity contribution in [2.24, 2.45) is 0 Å². The molecule has 1 amide bonds. The number of benzene rings is 2.